The third-order valence-corrected chi connectivity index (χ3v) is 3.50. The Balaban J connectivity index is 2.51. The topological polar surface area (TPSA) is 66.8 Å². The molecule has 2 aromatic rings. The molecule has 2 rings (SSSR count). The van der Waals surface area contributed by atoms with E-state index in [-0.39, 0.29) is 11.3 Å². The smallest absolute Gasteiger partial charge is 0.336 e. The number of hydrogen-bond acceptors (Lipinski definition) is 3. The minimum Gasteiger partial charge on any atom is -0.504 e. The lowest BCUT2D eigenvalue weighted by Crippen LogP contribution is -2.02. The van der Waals surface area contributed by atoms with Gasteiger partial charge in [0.15, 0.2) is 11.5 Å². The summed E-state index contributed by atoms with van der Waals surface area (Å²) in [6.07, 6.45) is 1.59. The van der Waals surface area contributed by atoms with E-state index in [2.05, 4.69) is 0 Å². The van der Waals surface area contributed by atoms with Gasteiger partial charge in [-0.15, -0.1) is 0 Å². The van der Waals surface area contributed by atoms with E-state index in [0.717, 1.165) is 11.1 Å². The maximum absolute atomic E-state index is 11.7. The minimum absolute atomic E-state index is 0.0346. The van der Waals surface area contributed by atoms with Crippen molar-refractivity contribution in [1.82, 2.24) is 0 Å². The van der Waals surface area contributed by atoms with Crippen LogP contribution in [0.25, 0.3) is 11.6 Å². The predicted octanol–water partition coefficient (Wildman–Crippen LogP) is 4.03. The van der Waals surface area contributed by atoms with Gasteiger partial charge in [0.25, 0.3) is 0 Å². The van der Waals surface area contributed by atoms with Crippen LogP contribution in [0.4, 0.5) is 0 Å². The molecule has 120 valence electrons. The fourth-order valence-electron chi connectivity index (χ4n) is 2.43. The van der Waals surface area contributed by atoms with Crippen LogP contribution in [0, 0.1) is 13.8 Å². The van der Waals surface area contributed by atoms with Crippen molar-refractivity contribution < 1.29 is 19.7 Å². The van der Waals surface area contributed by atoms with Gasteiger partial charge in [0.05, 0.1) is 12.2 Å². The molecule has 0 unspecified atom stereocenters. The zero-order chi connectivity index (χ0) is 17.0. The first kappa shape index (κ1) is 16.6. The van der Waals surface area contributed by atoms with Gasteiger partial charge in [-0.25, -0.2) is 4.79 Å². The zero-order valence-electron chi connectivity index (χ0n) is 13.5. The van der Waals surface area contributed by atoms with E-state index in [9.17, 15) is 15.0 Å². The number of aryl methyl sites for hydroxylation is 2. The van der Waals surface area contributed by atoms with Gasteiger partial charge in [0, 0.05) is 0 Å². The molecule has 0 aliphatic carbocycles. The van der Waals surface area contributed by atoms with Crippen molar-refractivity contribution in [3.05, 3.63) is 58.7 Å². The first-order chi connectivity index (χ1) is 10.9. The van der Waals surface area contributed by atoms with Gasteiger partial charge >= 0.3 is 5.97 Å². The largest absolute Gasteiger partial charge is 0.504 e. The van der Waals surface area contributed by atoms with E-state index >= 15 is 0 Å². The lowest BCUT2D eigenvalue weighted by atomic mass is 9.97. The number of ether oxygens (including phenoxy) is 1. The first-order valence-electron chi connectivity index (χ1n) is 7.40. The minimum atomic E-state index is -0.997. The quantitative estimate of drug-likeness (QED) is 0.646. The molecule has 4 nitrogen and oxygen atoms in total. The van der Waals surface area contributed by atoms with E-state index in [1.54, 1.807) is 18.2 Å². The molecular weight excluding hydrogens is 292 g/mol. The molecule has 4 heteroatoms. The summed E-state index contributed by atoms with van der Waals surface area (Å²) in [7, 11) is 0. The molecule has 0 aromatic heterocycles. The molecule has 0 fully saturated rings. The van der Waals surface area contributed by atoms with Gasteiger partial charge in [-0.1, -0.05) is 29.8 Å². The third-order valence-electron chi connectivity index (χ3n) is 3.50. The molecule has 0 heterocycles. The molecule has 2 aromatic carbocycles. The first-order valence-corrected chi connectivity index (χ1v) is 7.40. The van der Waals surface area contributed by atoms with Crippen molar-refractivity contribution in [3.8, 4) is 11.5 Å². The van der Waals surface area contributed by atoms with Gasteiger partial charge in [-0.05, 0) is 55.7 Å². The van der Waals surface area contributed by atoms with Crippen molar-refractivity contribution in [2.45, 2.75) is 20.8 Å². The summed E-state index contributed by atoms with van der Waals surface area (Å²) < 4.78 is 5.34. The van der Waals surface area contributed by atoms with Gasteiger partial charge in [0.1, 0.15) is 0 Å². The number of aliphatic carboxylic acids is 1. The van der Waals surface area contributed by atoms with E-state index in [0.29, 0.717) is 23.5 Å². The SMILES string of the molecule is CCOc1cc(/C=C(\C(=O)O)c2ccc(C)cc2C)ccc1O. The zero-order valence-corrected chi connectivity index (χ0v) is 13.5. The van der Waals surface area contributed by atoms with Crippen LogP contribution in [0.3, 0.4) is 0 Å². The fraction of sp³-hybridized carbons (Fsp3) is 0.211. The molecule has 0 saturated carbocycles. The summed E-state index contributed by atoms with van der Waals surface area (Å²) in [5.41, 5.74) is 3.52. The Morgan fingerprint density at radius 1 is 1.17 bits per heavy atom. The number of carboxylic acids is 1. The second-order valence-corrected chi connectivity index (χ2v) is 5.34. The summed E-state index contributed by atoms with van der Waals surface area (Å²) in [6, 6.07) is 10.4. The maximum atomic E-state index is 11.7. The second-order valence-electron chi connectivity index (χ2n) is 5.34. The normalized spacial score (nSPS) is 11.3. The Hall–Kier alpha value is -2.75. The summed E-state index contributed by atoms with van der Waals surface area (Å²) >= 11 is 0. The van der Waals surface area contributed by atoms with Crippen LogP contribution in [-0.2, 0) is 4.79 Å². The third kappa shape index (κ3) is 3.92. The summed E-state index contributed by atoms with van der Waals surface area (Å²) in [6.45, 7) is 6.10. The summed E-state index contributed by atoms with van der Waals surface area (Å²) in [5, 5.41) is 19.3. The van der Waals surface area contributed by atoms with Gasteiger partial charge < -0.3 is 14.9 Å². The van der Waals surface area contributed by atoms with Crippen molar-refractivity contribution >= 4 is 17.6 Å². The van der Waals surface area contributed by atoms with Crippen LogP contribution < -0.4 is 4.74 Å². The lowest BCUT2D eigenvalue weighted by Gasteiger charge is -2.10. The van der Waals surface area contributed by atoms with E-state index < -0.39 is 5.97 Å². The molecular formula is C19H20O4. The maximum Gasteiger partial charge on any atom is 0.336 e. The molecule has 0 atom stereocenters. The number of hydrogen-bond donors (Lipinski definition) is 2. The Kier molecular flexibility index (Phi) is 5.06. The number of carbonyl (C=O) groups is 1. The molecule has 0 aliphatic rings. The van der Waals surface area contributed by atoms with Crippen LogP contribution in [0.5, 0.6) is 11.5 Å². The van der Waals surface area contributed by atoms with Crippen LogP contribution in [0.15, 0.2) is 36.4 Å². The Bertz CT molecular complexity index is 760. The number of aromatic hydroxyl groups is 1. The van der Waals surface area contributed by atoms with Crippen molar-refractivity contribution in [2.75, 3.05) is 6.61 Å². The highest BCUT2D eigenvalue weighted by Crippen LogP contribution is 2.29. The average molecular weight is 312 g/mol. The Morgan fingerprint density at radius 2 is 1.91 bits per heavy atom. The van der Waals surface area contributed by atoms with E-state index in [4.69, 9.17) is 4.74 Å². The predicted molar refractivity (Wildman–Crippen MR) is 90.7 cm³/mol. The fourth-order valence-corrected chi connectivity index (χ4v) is 2.43. The molecule has 0 spiro atoms. The van der Waals surface area contributed by atoms with Crippen molar-refractivity contribution in [1.29, 1.82) is 0 Å². The highest BCUT2D eigenvalue weighted by atomic mass is 16.5. The lowest BCUT2D eigenvalue weighted by molar-refractivity contribution is -0.130. The van der Waals surface area contributed by atoms with Crippen LogP contribution in [-0.4, -0.2) is 22.8 Å². The molecule has 0 saturated heterocycles. The Labute approximate surface area is 135 Å². The summed E-state index contributed by atoms with van der Waals surface area (Å²) in [4.78, 5) is 11.7. The van der Waals surface area contributed by atoms with Gasteiger partial charge in [0.2, 0.25) is 0 Å². The van der Waals surface area contributed by atoms with E-state index in [1.165, 1.54) is 6.07 Å². The molecule has 0 radical (unpaired) electrons. The molecule has 0 amide bonds. The number of carboxylic acid groups (broad SMARTS) is 1. The standard InChI is InChI=1S/C19H20O4/c1-4-23-18-11-14(6-8-17(18)20)10-16(19(21)22)15-7-5-12(2)9-13(15)3/h5-11,20H,4H2,1-3H3,(H,21,22)/b16-10-. The average Bonchev–Trinajstić information content (AvgIpc) is 2.48. The van der Waals surface area contributed by atoms with Crippen LogP contribution in [0.2, 0.25) is 0 Å². The van der Waals surface area contributed by atoms with Gasteiger partial charge in [-0.3, -0.25) is 0 Å². The van der Waals surface area contributed by atoms with Crippen LogP contribution >= 0.6 is 0 Å². The number of benzene rings is 2. The van der Waals surface area contributed by atoms with Gasteiger partial charge in [-0.2, -0.15) is 0 Å². The van der Waals surface area contributed by atoms with Crippen LogP contribution in [0.1, 0.15) is 29.2 Å². The molecule has 0 bridgehead atoms. The van der Waals surface area contributed by atoms with Crippen molar-refractivity contribution in [2.24, 2.45) is 0 Å². The second kappa shape index (κ2) is 7.01. The summed E-state index contributed by atoms with van der Waals surface area (Å²) in [5.74, 6) is -0.623. The number of phenolic OH excluding ortho intramolecular Hbond substituents is 1. The molecule has 2 N–H and O–H groups in total. The monoisotopic (exact) mass is 312 g/mol. The van der Waals surface area contributed by atoms with E-state index in [1.807, 2.05) is 39.0 Å². The number of phenols is 1. The van der Waals surface area contributed by atoms with Crippen molar-refractivity contribution in [3.63, 3.8) is 0 Å². The highest BCUT2D eigenvalue weighted by Gasteiger charge is 2.13. The molecule has 23 heavy (non-hydrogen) atoms. The number of rotatable bonds is 5. The highest BCUT2D eigenvalue weighted by molar-refractivity contribution is 6.21. The molecule has 0 aliphatic heterocycles. The Morgan fingerprint density at radius 3 is 2.52 bits per heavy atom.